The molecule has 6 nitrogen and oxygen atoms in total. The van der Waals surface area contributed by atoms with E-state index in [4.69, 9.17) is 13.9 Å². The summed E-state index contributed by atoms with van der Waals surface area (Å²) in [5.74, 6) is 0.455. The van der Waals surface area contributed by atoms with E-state index in [0.29, 0.717) is 34.6 Å². The Hall–Kier alpha value is -3.90. The van der Waals surface area contributed by atoms with Crippen LogP contribution in [0.25, 0.3) is 22.3 Å². The van der Waals surface area contributed by atoms with Gasteiger partial charge in [0.05, 0.1) is 10.9 Å². The van der Waals surface area contributed by atoms with Crippen molar-refractivity contribution in [2.24, 2.45) is 0 Å². The number of nitrogens with one attached hydrogen (secondary N) is 1. The molecule has 0 spiro atoms. The van der Waals surface area contributed by atoms with Gasteiger partial charge in [0, 0.05) is 24.2 Å². The second-order valence-corrected chi connectivity index (χ2v) is 8.24. The highest BCUT2D eigenvalue weighted by Gasteiger charge is 2.19. The van der Waals surface area contributed by atoms with Gasteiger partial charge in [-0.15, -0.1) is 0 Å². The van der Waals surface area contributed by atoms with Gasteiger partial charge in [-0.1, -0.05) is 68.4 Å². The molecule has 1 N–H and O–H groups in total. The maximum absolute atomic E-state index is 12.7. The molecule has 0 aliphatic heterocycles. The SMILES string of the molecule is CC(C)NCC(COc1cccc2c(=O)cc(-c3ccccc3)oc12)OC(=O)c1ccccc1. The molecule has 0 amide bonds. The zero-order chi connectivity index (χ0) is 23.9. The number of carbonyl (C=O) groups excluding carboxylic acids is 1. The van der Waals surface area contributed by atoms with Gasteiger partial charge >= 0.3 is 5.97 Å². The molecule has 174 valence electrons. The quantitative estimate of drug-likeness (QED) is 0.354. The molecular formula is C28H27NO5. The Morgan fingerprint density at radius 2 is 1.65 bits per heavy atom. The number of carbonyl (C=O) groups is 1. The average Bonchev–Trinajstić information content (AvgIpc) is 2.86. The fourth-order valence-corrected chi connectivity index (χ4v) is 3.49. The molecule has 4 rings (SSSR count). The Labute approximate surface area is 198 Å². The van der Waals surface area contributed by atoms with Gasteiger partial charge in [-0.25, -0.2) is 4.79 Å². The lowest BCUT2D eigenvalue weighted by molar-refractivity contribution is 0.0173. The topological polar surface area (TPSA) is 77.8 Å². The zero-order valence-corrected chi connectivity index (χ0v) is 19.2. The third-order valence-corrected chi connectivity index (χ3v) is 5.24. The molecule has 6 heteroatoms. The van der Waals surface area contributed by atoms with Crippen molar-refractivity contribution < 1.29 is 18.7 Å². The lowest BCUT2D eigenvalue weighted by Crippen LogP contribution is -2.38. The van der Waals surface area contributed by atoms with E-state index in [1.54, 1.807) is 42.5 Å². The summed E-state index contributed by atoms with van der Waals surface area (Å²) in [5.41, 5.74) is 1.48. The van der Waals surface area contributed by atoms with Crippen molar-refractivity contribution in [1.29, 1.82) is 0 Å². The molecule has 1 unspecified atom stereocenters. The van der Waals surface area contributed by atoms with Gasteiger partial charge in [-0.2, -0.15) is 0 Å². The van der Waals surface area contributed by atoms with Crippen LogP contribution < -0.4 is 15.5 Å². The van der Waals surface area contributed by atoms with Crippen molar-refractivity contribution in [3.63, 3.8) is 0 Å². The summed E-state index contributed by atoms with van der Waals surface area (Å²) in [6, 6.07) is 25.2. The Morgan fingerprint density at radius 1 is 0.941 bits per heavy atom. The van der Waals surface area contributed by atoms with Gasteiger partial charge in [-0.05, 0) is 24.3 Å². The van der Waals surface area contributed by atoms with Gasteiger partial charge in [0.1, 0.15) is 18.5 Å². The number of para-hydroxylation sites is 1. The molecule has 0 radical (unpaired) electrons. The van der Waals surface area contributed by atoms with Gasteiger partial charge in [-0.3, -0.25) is 4.79 Å². The molecule has 3 aromatic carbocycles. The second-order valence-electron chi connectivity index (χ2n) is 8.24. The Morgan fingerprint density at radius 3 is 2.35 bits per heavy atom. The number of fused-ring (bicyclic) bond motifs is 1. The molecule has 0 bridgehead atoms. The first-order valence-corrected chi connectivity index (χ1v) is 11.3. The minimum atomic E-state index is -0.547. The summed E-state index contributed by atoms with van der Waals surface area (Å²) in [7, 11) is 0. The number of hydrogen-bond acceptors (Lipinski definition) is 6. The fourth-order valence-electron chi connectivity index (χ4n) is 3.49. The van der Waals surface area contributed by atoms with E-state index in [9.17, 15) is 9.59 Å². The summed E-state index contributed by atoms with van der Waals surface area (Å²) in [6.07, 6.45) is -0.547. The predicted molar refractivity (Wildman–Crippen MR) is 132 cm³/mol. The summed E-state index contributed by atoms with van der Waals surface area (Å²) in [4.78, 5) is 25.4. The van der Waals surface area contributed by atoms with Crippen LogP contribution in [0, 0.1) is 0 Å². The highest BCUT2D eigenvalue weighted by Crippen LogP contribution is 2.28. The van der Waals surface area contributed by atoms with E-state index < -0.39 is 12.1 Å². The van der Waals surface area contributed by atoms with Crippen molar-refractivity contribution >= 4 is 16.9 Å². The average molecular weight is 458 g/mol. The van der Waals surface area contributed by atoms with Crippen LogP contribution in [0.2, 0.25) is 0 Å². The highest BCUT2D eigenvalue weighted by atomic mass is 16.6. The predicted octanol–water partition coefficient (Wildman–Crippen LogP) is 5.06. The van der Waals surface area contributed by atoms with Gasteiger partial charge in [0.15, 0.2) is 16.8 Å². The van der Waals surface area contributed by atoms with Crippen LogP contribution >= 0.6 is 0 Å². The first-order chi connectivity index (χ1) is 16.5. The standard InChI is InChI=1S/C28H27NO5/c1-19(2)29-17-22(33-28(31)21-12-7-4-8-13-21)18-32-25-15-9-14-23-24(30)16-26(34-27(23)25)20-10-5-3-6-11-20/h3-16,19,22,29H,17-18H2,1-2H3. The smallest absolute Gasteiger partial charge is 0.338 e. The second kappa shape index (κ2) is 10.8. The monoisotopic (exact) mass is 457 g/mol. The molecule has 34 heavy (non-hydrogen) atoms. The normalized spacial score (nSPS) is 12.0. The van der Waals surface area contributed by atoms with Crippen molar-refractivity contribution in [2.75, 3.05) is 13.2 Å². The largest absolute Gasteiger partial charge is 0.486 e. The van der Waals surface area contributed by atoms with Crippen LogP contribution in [-0.2, 0) is 4.74 Å². The van der Waals surface area contributed by atoms with Gasteiger partial charge < -0.3 is 19.2 Å². The van der Waals surface area contributed by atoms with Crippen molar-refractivity contribution in [3.05, 3.63) is 101 Å². The Balaban J connectivity index is 1.58. The van der Waals surface area contributed by atoms with E-state index in [0.717, 1.165) is 5.56 Å². The van der Waals surface area contributed by atoms with Crippen molar-refractivity contribution in [3.8, 4) is 17.1 Å². The van der Waals surface area contributed by atoms with Crippen LogP contribution in [0.5, 0.6) is 5.75 Å². The summed E-state index contributed by atoms with van der Waals surface area (Å²) < 4.78 is 17.9. The summed E-state index contributed by atoms with van der Waals surface area (Å²) in [5, 5.41) is 3.71. The van der Waals surface area contributed by atoms with Crippen LogP contribution in [0.3, 0.4) is 0 Å². The van der Waals surface area contributed by atoms with Gasteiger partial charge in [0.25, 0.3) is 0 Å². The lowest BCUT2D eigenvalue weighted by atomic mass is 10.1. The first-order valence-electron chi connectivity index (χ1n) is 11.3. The summed E-state index contributed by atoms with van der Waals surface area (Å²) >= 11 is 0. The minimum Gasteiger partial charge on any atom is -0.486 e. The number of esters is 1. The fraction of sp³-hybridized carbons (Fsp3) is 0.214. The Kier molecular flexibility index (Phi) is 7.40. The molecule has 4 aromatic rings. The molecule has 0 aliphatic rings. The molecule has 0 fully saturated rings. The first kappa shape index (κ1) is 23.3. The molecule has 0 aliphatic carbocycles. The maximum atomic E-state index is 12.7. The van der Waals surface area contributed by atoms with E-state index in [1.807, 2.05) is 50.2 Å². The molecule has 1 aromatic heterocycles. The third kappa shape index (κ3) is 5.71. The molecule has 0 saturated heterocycles. The third-order valence-electron chi connectivity index (χ3n) is 5.24. The zero-order valence-electron chi connectivity index (χ0n) is 19.2. The van der Waals surface area contributed by atoms with Crippen LogP contribution in [0.1, 0.15) is 24.2 Å². The van der Waals surface area contributed by atoms with E-state index in [2.05, 4.69) is 5.32 Å². The van der Waals surface area contributed by atoms with E-state index >= 15 is 0 Å². The molecular weight excluding hydrogens is 430 g/mol. The number of rotatable bonds is 9. The van der Waals surface area contributed by atoms with Gasteiger partial charge in [0.2, 0.25) is 0 Å². The van der Waals surface area contributed by atoms with Crippen LogP contribution in [-0.4, -0.2) is 31.3 Å². The minimum absolute atomic E-state index is 0.0939. The lowest BCUT2D eigenvalue weighted by Gasteiger charge is -2.21. The van der Waals surface area contributed by atoms with E-state index in [1.165, 1.54) is 6.07 Å². The number of hydrogen-bond donors (Lipinski definition) is 1. The summed E-state index contributed by atoms with van der Waals surface area (Å²) in [6.45, 7) is 4.54. The Bertz CT molecular complexity index is 1300. The molecule has 0 saturated carbocycles. The van der Waals surface area contributed by atoms with Crippen molar-refractivity contribution in [1.82, 2.24) is 5.32 Å². The molecule has 1 atom stereocenters. The van der Waals surface area contributed by atoms with Crippen LogP contribution in [0.4, 0.5) is 0 Å². The number of ether oxygens (including phenoxy) is 2. The molecule has 1 heterocycles. The van der Waals surface area contributed by atoms with E-state index in [-0.39, 0.29) is 18.1 Å². The number of benzene rings is 3. The highest BCUT2D eigenvalue weighted by molar-refractivity contribution is 5.89. The van der Waals surface area contributed by atoms with Crippen LogP contribution in [0.15, 0.2) is 94.1 Å². The maximum Gasteiger partial charge on any atom is 0.338 e. The van der Waals surface area contributed by atoms with Crippen molar-refractivity contribution in [2.45, 2.75) is 26.0 Å².